The Balaban J connectivity index is 1.08. The zero-order valence-electron chi connectivity index (χ0n) is 25.6. The molecule has 4 aromatic rings. The summed E-state index contributed by atoms with van der Waals surface area (Å²) in [4.78, 5) is 39.3. The summed E-state index contributed by atoms with van der Waals surface area (Å²) in [5, 5.41) is 13.0. The van der Waals surface area contributed by atoms with Crippen LogP contribution in [-0.2, 0) is 11.0 Å². The molecular weight excluding hydrogens is 613 g/mol. The maximum absolute atomic E-state index is 13.9. The highest BCUT2D eigenvalue weighted by atomic mass is 19.4. The molecule has 6 rings (SSSR count). The van der Waals surface area contributed by atoms with Crippen LogP contribution in [0.5, 0.6) is 0 Å². The van der Waals surface area contributed by atoms with Crippen LogP contribution >= 0.6 is 0 Å². The normalized spacial score (nSPS) is 16.9. The topological polar surface area (TPSA) is 115 Å². The summed E-state index contributed by atoms with van der Waals surface area (Å²) in [6.45, 7) is 2.80. The first kappa shape index (κ1) is 32.0. The van der Waals surface area contributed by atoms with Gasteiger partial charge >= 0.3 is 6.18 Å². The summed E-state index contributed by atoms with van der Waals surface area (Å²) in [7, 11) is 0. The Hall–Kier alpha value is -4.91. The third kappa shape index (κ3) is 7.40. The smallest absolute Gasteiger partial charge is 0.417 e. The van der Waals surface area contributed by atoms with Crippen molar-refractivity contribution in [2.45, 2.75) is 37.5 Å². The molecular formula is C34H35F3N6O4. The van der Waals surface area contributed by atoms with E-state index < -0.39 is 29.6 Å². The Kier molecular flexibility index (Phi) is 9.43. The first-order chi connectivity index (χ1) is 22.7. The van der Waals surface area contributed by atoms with Crippen molar-refractivity contribution in [3.63, 3.8) is 0 Å². The molecule has 2 aromatic carbocycles. The molecule has 13 heteroatoms. The van der Waals surface area contributed by atoms with Crippen LogP contribution in [0.25, 0.3) is 0 Å². The highest BCUT2D eigenvalue weighted by molar-refractivity contribution is 6.03. The number of nitrogens with zero attached hydrogens (tertiary/aromatic N) is 5. The molecule has 2 amide bonds. The number of nitrogens with one attached hydrogen (secondary N) is 1. The number of benzene rings is 2. The summed E-state index contributed by atoms with van der Waals surface area (Å²) in [6, 6.07) is 21.7. The lowest BCUT2D eigenvalue weighted by Gasteiger charge is -2.31. The van der Waals surface area contributed by atoms with Crippen molar-refractivity contribution in [1.29, 1.82) is 0 Å². The highest BCUT2D eigenvalue weighted by Gasteiger charge is 2.42. The van der Waals surface area contributed by atoms with Gasteiger partial charge in [-0.25, -0.2) is 4.98 Å². The number of anilines is 3. The Morgan fingerprint density at radius 1 is 0.872 bits per heavy atom. The molecule has 2 aromatic heterocycles. The van der Waals surface area contributed by atoms with Crippen molar-refractivity contribution >= 4 is 29.3 Å². The zero-order chi connectivity index (χ0) is 33.0. The molecule has 0 radical (unpaired) electrons. The van der Waals surface area contributed by atoms with E-state index in [0.717, 1.165) is 0 Å². The van der Waals surface area contributed by atoms with Crippen LogP contribution in [0.3, 0.4) is 0 Å². The number of piperidine rings is 1. The van der Waals surface area contributed by atoms with Gasteiger partial charge in [0.15, 0.2) is 11.8 Å². The SMILES string of the molecule is O=C(Nc1ccc(N2CCCN(C(=O)C(O)c3ccccc3)CC2)nc1)c1oc(N2CCC(c3ccccc3)CC2)nc1C(F)(F)F. The minimum absolute atomic E-state index is 0.186. The van der Waals surface area contributed by atoms with E-state index >= 15 is 0 Å². The van der Waals surface area contributed by atoms with E-state index in [1.54, 1.807) is 46.2 Å². The van der Waals surface area contributed by atoms with Crippen molar-refractivity contribution < 1.29 is 32.3 Å². The third-order valence-corrected chi connectivity index (χ3v) is 8.61. The molecule has 4 heterocycles. The largest absolute Gasteiger partial charge is 0.437 e. The minimum atomic E-state index is -4.89. The van der Waals surface area contributed by atoms with Crippen LogP contribution in [0.2, 0.25) is 0 Å². The molecule has 2 aliphatic heterocycles. The maximum Gasteiger partial charge on any atom is 0.437 e. The highest BCUT2D eigenvalue weighted by Crippen LogP contribution is 2.36. The van der Waals surface area contributed by atoms with Gasteiger partial charge in [-0.1, -0.05) is 60.7 Å². The summed E-state index contributed by atoms with van der Waals surface area (Å²) in [6.07, 6.45) is -2.69. The van der Waals surface area contributed by atoms with Crippen LogP contribution in [0, 0.1) is 0 Å². The predicted molar refractivity (Wildman–Crippen MR) is 169 cm³/mol. The number of amides is 2. The lowest BCUT2D eigenvalue weighted by Crippen LogP contribution is -2.38. The van der Waals surface area contributed by atoms with Crippen molar-refractivity contribution in [3.05, 3.63) is 102 Å². The van der Waals surface area contributed by atoms with Crippen LogP contribution in [-0.4, -0.2) is 71.1 Å². The number of halogens is 3. The number of alkyl halides is 3. The van der Waals surface area contributed by atoms with E-state index in [1.165, 1.54) is 11.8 Å². The number of aliphatic hydroxyl groups excluding tert-OH is 1. The van der Waals surface area contributed by atoms with Gasteiger partial charge in [0.2, 0.25) is 5.76 Å². The summed E-state index contributed by atoms with van der Waals surface area (Å²) in [5.41, 5.74) is 0.527. The van der Waals surface area contributed by atoms with Gasteiger partial charge in [0.05, 0.1) is 11.9 Å². The molecule has 10 nitrogen and oxygen atoms in total. The van der Waals surface area contributed by atoms with E-state index in [0.29, 0.717) is 69.9 Å². The van der Waals surface area contributed by atoms with Gasteiger partial charge < -0.3 is 29.5 Å². The van der Waals surface area contributed by atoms with Crippen molar-refractivity contribution in [2.24, 2.45) is 0 Å². The number of carbonyl (C=O) groups excluding carboxylic acids is 2. The van der Waals surface area contributed by atoms with Crippen molar-refractivity contribution in [2.75, 3.05) is 54.4 Å². The molecule has 0 spiro atoms. The van der Waals surface area contributed by atoms with Gasteiger partial charge in [-0.15, -0.1) is 0 Å². The van der Waals surface area contributed by atoms with Crippen LogP contribution in [0.4, 0.5) is 30.7 Å². The molecule has 2 N–H and O–H groups in total. The summed E-state index contributed by atoms with van der Waals surface area (Å²) >= 11 is 0. The molecule has 2 aliphatic rings. The Morgan fingerprint density at radius 2 is 1.57 bits per heavy atom. The Labute approximate surface area is 269 Å². The fraction of sp³-hybridized carbons (Fsp3) is 0.353. The molecule has 0 bridgehead atoms. The number of oxazole rings is 1. The molecule has 0 saturated carbocycles. The maximum atomic E-state index is 13.9. The van der Waals surface area contributed by atoms with Crippen LogP contribution in [0.1, 0.15) is 58.7 Å². The second-order valence-electron chi connectivity index (χ2n) is 11.7. The number of aromatic nitrogens is 2. The quantitative estimate of drug-likeness (QED) is 0.270. The zero-order valence-corrected chi connectivity index (χ0v) is 25.6. The number of hydrogen-bond acceptors (Lipinski definition) is 8. The van der Waals surface area contributed by atoms with E-state index in [1.807, 2.05) is 41.3 Å². The summed E-state index contributed by atoms with van der Waals surface area (Å²) in [5.74, 6) is -1.49. The average Bonchev–Trinajstić information content (AvgIpc) is 3.42. The molecule has 1 atom stereocenters. The molecule has 2 saturated heterocycles. The second-order valence-corrected chi connectivity index (χ2v) is 11.7. The van der Waals surface area contributed by atoms with Crippen molar-refractivity contribution in [1.82, 2.24) is 14.9 Å². The predicted octanol–water partition coefficient (Wildman–Crippen LogP) is 5.50. The number of hydrogen-bond donors (Lipinski definition) is 2. The number of pyridine rings is 1. The van der Waals surface area contributed by atoms with Gasteiger partial charge in [-0.3, -0.25) is 9.59 Å². The lowest BCUT2D eigenvalue weighted by molar-refractivity contribution is -0.141. The van der Waals surface area contributed by atoms with Gasteiger partial charge in [0.1, 0.15) is 5.82 Å². The first-order valence-corrected chi connectivity index (χ1v) is 15.6. The van der Waals surface area contributed by atoms with Gasteiger partial charge in [-0.2, -0.15) is 18.2 Å². The van der Waals surface area contributed by atoms with Gasteiger partial charge in [0, 0.05) is 39.3 Å². The number of carbonyl (C=O) groups is 2. The minimum Gasteiger partial charge on any atom is -0.417 e. The Bertz CT molecular complexity index is 1660. The fourth-order valence-electron chi connectivity index (χ4n) is 6.07. The number of aliphatic hydroxyl groups is 1. The second kappa shape index (κ2) is 13.8. The first-order valence-electron chi connectivity index (χ1n) is 15.6. The van der Waals surface area contributed by atoms with E-state index in [2.05, 4.69) is 15.3 Å². The summed E-state index contributed by atoms with van der Waals surface area (Å²) < 4.78 is 47.3. The molecule has 1 unspecified atom stereocenters. The molecule has 2 fully saturated rings. The standard InChI is InChI=1S/C34H35F3N6O4/c35-34(36,37)30-29(47-33(40-30)43-18-14-24(15-19-43)23-8-3-1-4-9-23)31(45)39-26-12-13-27(38-22-26)41-16-7-17-42(21-20-41)32(46)28(44)25-10-5-2-6-11-25/h1-6,8-13,22,24,28,44H,7,14-21H2,(H,39,45). The fourth-order valence-corrected chi connectivity index (χ4v) is 6.07. The average molecular weight is 649 g/mol. The van der Waals surface area contributed by atoms with Gasteiger partial charge in [-0.05, 0) is 48.4 Å². The van der Waals surface area contributed by atoms with Crippen molar-refractivity contribution in [3.8, 4) is 0 Å². The van der Waals surface area contributed by atoms with Gasteiger partial charge in [0.25, 0.3) is 17.8 Å². The molecule has 47 heavy (non-hydrogen) atoms. The Morgan fingerprint density at radius 3 is 2.23 bits per heavy atom. The van der Waals surface area contributed by atoms with E-state index in [9.17, 15) is 27.9 Å². The monoisotopic (exact) mass is 648 g/mol. The lowest BCUT2D eigenvalue weighted by atomic mass is 9.90. The van der Waals surface area contributed by atoms with Crippen LogP contribution < -0.4 is 15.1 Å². The van der Waals surface area contributed by atoms with E-state index in [-0.39, 0.29) is 23.5 Å². The van der Waals surface area contributed by atoms with Crippen LogP contribution in [0.15, 0.2) is 83.4 Å². The molecule has 0 aliphatic carbocycles. The number of rotatable bonds is 7. The van der Waals surface area contributed by atoms with E-state index in [4.69, 9.17) is 4.42 Å². The third-order valence-electron chi connectivity index (χ3n) is 8.61. The molecule has 246 valence electrons.